The fraction of sp³-hybridized carbons (Fsp3) is 0.211. The Morgan fingerprint density at radius 2 is 1.92 bits per heavy atom. The largest absolute Gasteiger partial charge is 0.486 e. The Labute approximate surface area is 143 Å². The van der Waals surface area contributed by atoms with Crippen LogP contribution < -0.4 is 10.1 Å². The van der Waals surface area contributed by atoms with E-state index in [0.29, 0.717) is 11.4 Å². The van der Waals surface area contributed by atoms with Crippen LogP contribution in [0.15, 0.2) is 55.1 Å². The third-order valence-corrected chi connectivity index (χ3v) is 4.08. The molecule has 1 atom stereocenters. The number of ether oxygens (including phenoxy) is 1. The van der Waals surface area contributed by atoms with E-state index in [2.05, 4.69) is 11.9 Å². The number of halogens is 3. The molecule has 0 saturated heterocycles. The molecule has 1 aliphatic rings. The molecule has 0 radical (unpaired) electrons. The van der Waals surface area contributed by atoms with Crippen LogP contribution in [-0.2, 0) is 17.4 Å². The van der Waals surface area contributed by atoms with Crippen molar-refractivity contribution in [3.05, 3.63) is 71.8 Å². The Morgan fingerprint density at radius 3 is 2.56 bits per heavy atom. The standard InChI is InChI=1S/C19H16F3NO2/c1-2-18(24)23-14-6-9-16-12(11-14)3-10-17(16)25-15-7-4-13(5-8-15)19(20,21)22/h2,4-9,11,17H,1,3,10H2,(H,23,24). The van der Waals surface area contributed by atoms with Crippen LogP contribution in [0.25, 0.3) is 0 Å². The minimum atomic E-state index is -4.36. The molecule has 2 aromatic carbocycles. The first-order valence-electron chi connectivity index (χ1n) is 7.77. The molecular weight excluding hydrogens is 331 g/mol. The van der Waals surface area contributed by atoms with Crippen LogP contribution in [-0.4, -0.2) is 5.91 Å². The molecule has 1 N–H and O–H groups in total. The highest BCUT2D eigenvalue weighted by atomic mass is 19.4. The van der Waals surface area contributed by atoms with Gasteiger partial charge in [0.2, 0.25) is 5.91 Å². The summed E-state index contributed by atoms with van der Waals surface area (Å²) in [5.41, 5.74) is 2.02. The summed E-state index contributed by atoms with van der Waals surface area (Å²) >= 11 is 0. The van der Waals surface area contributed by atoms with Crippen LogP contribution in [0, 0.1) is 0 Å². The average molecular weight is 347 g/mol. The average Bonchev–Trinajstić information content (AvgIpc) is 2.96. The van der Waals surface area contributed by atoms with Crippen LogP contribution in [0.2, 0.25) is 0 Å². The summed E-state index contributed by atoms with van der Waals surface area (Å²) in [5, 5.41) is 2.70. The number of fused-ring (bicyclic) bond motifs is 1. The lowest BCUT2D eigenvalue weighted by Gasteiger charge is -2.16. The second kappa shape index (κ2) is 6.63. The minimum absolute atomic E-state index is 0.212. The predicted octanol–water partition coefficient (Wildman–Crippen LogP) is 4.90. The van der Waals surface area contributed by atoms with Gasteiger partial charge < -0.3 is 10.1 Å². The fourth-order valence-electron chi connectivity index (χ4n) is 2.86. The number of amides is 1. The number of carbonyl (C=O) groups excluding carboxylic acids is 1. The van der Waals surface area contributed by atoms with Gasteiger partial charge in [0, 0.05) is 5.69 Å². The van der Waals surface area contributed by atoms with Crippen molar-refractivity contribution in [2.75, 3.05) is 5.32 Å². The normalized spacial score (nSPS) is 16.2. The van der Waals surface area contributed by atoms with Crippen molar-refractivity contribution >= 4 is 11.6 Å². The Balaban J connectivity index is 1.72. The zero-order valence-electron chi connectivity index (χ0n) is 13.3. The lowest BCUT2D eigenvalue weighted by Crippen LogP contribution is -2.08. The van der Waals surface area contributed by atoms with Gasteiger partial charge in [0.1, 0.15) is 11.9 Å². The number of benzene rings is 2. The van der Waals surface area contributed by atoms with Crippen molar-refractivity contribution in [1.82, 2.24) is 0 Å². The molecule has 25 heavy (non-hydrogen) atoms. The van der Waals surface area contributed by atoms with Crippen LogP contribution in [0.4, 0.5) is 18.9 Å². The van der Waals surface area contributed by atoms with Crippen molar-refractivity contribution in [2.24, 2.45) is 0 Å². The molecule has 3 rings (SSSR count). The second-order valence-electron chi connectivity index (χ2n) is 5.77. The second-order valence-corrected chi connectivity index (χ2v) is 5.77. The van der Waals surface area contributed by atoms with Crippen molar-refractivity contribution in [2.45, 2.75) is 25.1 Å². The van der Waals surface area contributed by atoms with E-state index in [0.717, 1.165) is 36.1 Å². The van der Waals surface area contributed by atoms with Gasteiger partial charge in [0.05, 0.1) is 5.56 Å². The van der Waals surface area contributed by atoms with Crippen molar-refractivity contribution in [3.8, 4) is 5.75 Å². The van der Waals surface area contributed by atoms with Gasteiger partial charge in [-0.1, -0.05) is 12.6 Å². The van der Waals surface area contributed by atoms with E-state index in [1.807, 2.05) is 12.1 Å². The van der Waals surface area contributed by atoms with Gasteiger partial charge >= 0.3 is 6.18 Å². The molecule has 1 unspecified atom stereocenters. The van der Waals surface area contributed by atoms with Gasteiger partial charge in [0.15, 0.2) is 0 Å². The lowest BCUT2D eigenvalue weighted by atomic mass is 10.1. The van der Waals surface area contributed by atoms with Crippen molar-refractivity contribution in [1.29, 1.82) is 0 Å². The first-order chi connectivity index (χ1) is 11.9. The first kappa shape index (κ1) is 17.1. The number of alkyl halides is 3. The molecule has 0 aliphatic heterocycles. The number of hydrogen-bond donors (Lipinski definition) is 1. The third kappa shape index (κ3) is 3.84. The maximum atomic E-state index is 12.6. The van der Waals surface area contributed by atoms with Crippen LogP contribution in [0.3, 0.4) is 0 Å². The molecule has 0 heterocycles. The van der Waals surface area contributed by atoms with E-state index >= 15 is 0 Å². The summed E-state index contributed by atoms with van der Waals surface area (Å²) in [6.45, 7) is 3.41. The maximum absolute atomic E-state index is 12.6. The Bertz CT molecular complexity index is 797. The number of nitrogens with one attached hydrogen (secondary N) is 1. The van der Waals surface area contributed by atoms with E-state index in [4.69, 9.17) is 4.74 Å². The molecule has 0 aromatic heterocycles. The number of hydrogen-bond acceptors (Lipinski definition) is 2. The van der Waals surface area contributed by atoms with Gasteiger partial charge in [-0.15, -0.1) is 0 Å². The molecule has 3 nitrogen and oxygen atoms in total. The Hall–Kier alpha value is -2.76. The fourth-order valence-corrected chi connectivity index (χ4v) is 2.86. The Kier molecular flexibility index (Phi) is 4.53. The first-order valence-corrected chi connectivity index (χ1v) is 7.77. The Morgan fingerprint density at radius 1 is 1.20 bits per heavy atom. The number of rotatable bonds is 4. The predicted molar refractivity (Wildman–Crippen MR) is 88.4 cm³/mol. The molecule has 0 spiro atoms. The maximum Gasteiger partial charge on any atom is 0.416 e. The van der Waals surface area contributed by atoms with E-state index in [1.54, 1.807) is 6.07 Å². The molecular formula is C19H16F3NO2. The summed E-state index contributed by atoms with van der Waals surface area (Å²) in [7, 11) is 0. The van der Waals surface area contributed by atoms with Crippen LogP contribution in [0.1, 0.15) is 29.2 Å². The minimum Gasteiger partial charge on any atom is -0.486 e. The molecule has 0 saturated carbocycles. The third-order valence-electron chi connectivity index (χ3n) is 4.08. The summed E-state index contributed by atoms with van der Waals surface area (Å²) in [4.78, 5) is 11.4. The highest BCUT2D eigenvalue weighted by Crippen LogP contribution is 2.37. The smallest absolute Gasteiger partial charge is 0.416 e. The number of anilines is 1. The van der Waals surface area contributed by atoms with Crippen molar-refractivity contribution in [3.63, 3.8) is 0 Å². The monoisotopic (exact) mass is 347 g/mol. The quantitative estimate of drug-likeness (QED) is 0.799. The van der Waals surface area contributed by atoms with E-state index in [1.165, 1.54) is 18.2 Å². The van der Waals surface area contributed by atoms with Crippen LogP contribution in [0.5, 0.6) is 5.75 Å². The highest BCUT2D eigenvalue weighted by Gasteiger charge is 2.30. The summed E-state index contributed by atoms with van der Waals surface area (Å²) < 4.78 is 43.6. The molecule has 1 aliphatic carbocycles. The summed E-state index contributed by atoms with van der Waals surface area (Å²) in [6, 6.07) is 10.2. The van der Waals surface area contributed by atoms with Crippen molar-refractivity contribution < 1.29 is 22.7 Å². The van der Waals surface area contributed by atoms with Gasteiger partial charge in [-0.2, -0.15) is 13.2 Å². The zero-order valence-corrected chi connectivity index (χ0v) is 13.3. The molecule has 130 valence electrons. The topological polar surface area (TPSA) is 38.3 Å². The van der Waals surface area contributed by atoms with E-state index < -0.39 is 11.7 Å². The summed E-state index contributed by atoms with van der Waals surface area (Å²) in [5.74, 6) is 0.116. The van der Waals surface area contributed by atoms with E-state index in [9.17, 15) is 18.0 Å². The SMILES string of the molecule is C=CC(=O)Nc1ccc2c(c1)CCC2Oc1ccc(C(F)(F)F)cc1. The molecule has 6 heteroatoms. The molecule has 0 bridgehead atoms. The van der Waals surface area contributed by atoms with Gasteiger partial charge in [-0.3, -0.25) is 4.79 Å². The van der Waals surface area contributed by atoms with E-state index in [-0.39, 0.29) is 12.0 Å². The zero-order chi connectivity index (χ0) is 18.0. The number of carbonyl (C=O) groups is 1. The molecule has 2 aromatic rings. The highest BCUT2D eigenvalue weighted by molar-refractivity contribution is 5.98. The summed E-state index contributed by atoms with van der Waals surface area (Å²) in [6.07, 6.45) is -1.86. The van der Waals surface area contributed by atoms with Gasteiger partial charge in [-0.25, -0.2) is 0 Å². The molecule has 0 fully saturated rings. The lowest BCUT2D eigenvalue weighted by molar-refractivity contribution is -0.137. The number of aryl methyl sites for hydroxylation is 1. The van der Waals surface area contributed by atoms with Gasteiger partial charge in [0.25, 0.3) is 0 Å². The molecule has 1 amide bonds. The van der Waals surface area contributed by atoms with Gasteiger partial charge in [-0.05, 0) is 66.4 Å². The van der Waals surface area contributed by atoms with Crippen LogP contribution >= 0.6 is 0 Å².